The van der Waals surface area contributed by atoms with Crippen molar-refractivity contribution in [3.63, 3.8) is 0 Å². The van der Waals surface area contributed by atoms with Gasteiger partial charge < -0.3 is 9.52 Å². The van der Waals surface area contributed by atoms with Crippen LogP contribution in [0.1, 0.15) is 11.5 Å². The molecule has 0 bridgehead atoms. The largest absolute Gasteiger partial charge is 0.481 e. The number of nitrogens with zero attached hydrogens (tertiary/aromatic N) is 1. The van der Waals surface area contributed by atoms with Crippen LogP contribution in [0, 0.1) is 16.0 Å². The first-order valence-corrected chi connectivity index (χ1v) is 4.70. The summed E-state index contributed by atoms with van der Waals surface area (Å²) < 4.78 is 41.0. The third kappa shape index (κ3) is 3.75. The van der Waals surface area contributed by atoms with Crippen LogP contribution >= 0.6 is 0 Å². The molecule has 0 aliphatic heterocycles. The fourth-order valence-electron chi connectivity index (χ4n) is 1.29. The van der Waals surface area contributed by atoms with Crippen LogP contribution in [0.2, 0.25) is 0 Å². The molecule has 0 saturated carbocycles. The Morgan fingerprint density at radius 2 is 2.11 bits per heavy atom. The van der Waals surface area contributed by atoms with E-state index >= 15 is 0 Å². The number of nitro groups is 1. The first-order valence-electron chi connectivity index (χ1n) is 4.70. The number of hydrogen-bond donors (Lipinski definition) is 1. The highest BCUT2D eigenvalue weighted by Gasteiger charge is 2.35. The fourth-order valence-corrected chi connectivity index (χ4v) is 1.29. The Labute approximate surface area is 98.2 Å². The number of carbonyl (C=O) groups is 1. The number of aliphatic carboxylic acids is 1. The van der Waals surface area contributed by atoms with Gasteiger partial charge in [0.15, 0.2) is 0 Å². The zero-order chi connectivity index (χ0) is 13.9. The van der Waals surface area contributed by atoms with E-state index < -0.39 is 41.7 Å². The van der Waals surface area contributed by atoms with Crippen LogP contribution in [0.25, 0.3) is 0 Å². The third-order valence-corrected chi connectivity index (χ3v) is 2.11. The van der Waals surface area contributed by atoms with Crippen molar-refractivity contribution in [2.24, 2.45) is 5.92 Å². The van der Waals surface area contributed by atoms with Crippen molar-refractivity contribution in [3.05, 3.63) is 33.8 Å². The van der Waals surface area contributed by atoms with Crippen LogP contribution < -0.4 is 0 Å². The summed E-state index contributed by atoms with van der Waals surface area (Å²) in [7, 11) is 0. The smallest absolute Gasteiger partial charge is 0.449 e. The highest BCUT2D eigenvalue weighted by molar-refractivity contribution is 5.70. The molecule has 0 amide bonds. The average Bonchev–Trinajstić information content (AvgIpc) is 2.63. The minimum atomic E-state index is -4.67. The van der Waals surface area contributed by atoms with E-state index in [1.807, 2.05) is 0 Å². The van der Waals surface area contributed by atoms with E-state index in [4.69, 9.17) is 5.11 Å². The normalized spacial score (nSPS) is 13.3. The van der Waals surface area contributed by atoms with E-state index in [0.29, 0.717) is 6.07 Å². The maximum absolute atomic E-state index is 12.2. The molecule has 0 saturated heterocycles. The Balaban J connectivity index is 2.79. The van der Waals surface area contributed by atoms with Gasteiger partial charge in [-0.2, -0.15) is 13.2 Å². The molecule has 100 valence electrons. The van der Waals surface area contributed by atoms with Crippen LogP contribution in [-0.4, -0.2) is 22.5 Å². The maximum atomic E-state index is 12.2. The number of rotatable bonds is 5. The number of halogens is 3. The highest BCUT2D eigenvalue weighted by Crippen LogP contribution is 2.31. The van der Waals surface area contributed by atoms with Gasteiger partial charge in [-0.05, 0) is 12.1 Å². The molecular weight excluding hydrogens is 259 g/mol. The van der Waals surface area contributed by atoms with Gasteiger partial charge in [-0.15, -0.1) is 0 Å². The van der Waals surface area contributed by atoms with Gasteiger partial charge in [-0.3, -0.25) is 14.9 Å². The van der Waals surface area contributed by atoms with E-state index in [0.717, 1.165) is 6.07 Å². The second kappa shape index (κ2) is 5.07. The number of carboxylic acids is 1. The van der Waals surface area contributed by atoms with Crippen LogP contribution in [0.3, 0.4) is 0 Å². The molecule has 0 radical (unpaired) electrons. The van der Waals surface area contributed by atoms with E-state index in [1.54, 1.807) is 0 Å². The summed E-state index contributed by atoms with van der Waals surface area (Å²) in [6.07, 6.45) is -5.13. The molecule has 6 nitrogen and oxygen atoms in total. The third-order valence-electron chi connectivity index (χ3n) is 2.11. The minimum Gasteiger partial charge on any atom is -0.481 e. The second-order valence-electron chi connectivity index (χ2n) is 3.52. The molecular formula is C9H8F3NO5. The quantitative estimate of drug-likeness (QED) is 0.648. The summed E-state index contributed by atoms with van der Waals surface area (Å²) in [6.45, 7) is -0.878. The Morgan fingerprint density at radius 3 is 2.50 bits per heavy atom. The number of carboxylic acid groups (broad SMARTS) is 1. The molecule has 18 heavy (non-hydrogen) atoms. The Morgan fingerprint density at radius 1 is 1.50 bits per heavy atom. The highest BCUT2D eigenvalue weighted by atomic mass is 19.4. The lowest BCUT2D eigenvalue weighted by atomic mass is 10.0. The molecule has 0 aliphatic rings. The predicted molar refractivity (Wildman–Crippen MR) is 50.4 cm³/mol. The Kier molecular flexibility index (Phi) is 3.94. The zero-order valence-electron chi connectivity index (χ0n) is 8.81. The summed E-state index contributed by atoms with van der Waals surface area (Å²) in [4.78, 5) is 20.0. The van der Waals surface area contributed by atoms with E-state index in [1.165, 1.54) is 0 Å². The topological polar surface area (TPSA) is 93.6 Å². The first kappa shape index (κ1) is 14.0. The minimum absolute atomic E-state index is 0.253. The van der Waals surface area contributed by atoms with Crippen molar-refractivity contribution in [1.82, 2.24) is 0 Å². The molecule has 1 rings (SSSR count). The van der Waals surface area contributed by atoms with Crippen LogP contribution in [-0.2, 0) is 17.4 Å². The van der Waals surface area contributed by atoms with Crippen LogP contribution in [0.15, 0.2) is 16.5 Å². The van der Waals surface area contributed by atoms with Crippen LogP contribution in [0.5, 0.6) is 0 Å². The van der Waals surface area contributed by atoms with E-state index in [2.05, 4.69) is 4.42 Å². The molecule has 0 spiro atoms. The molecule has 9 heteroatoms. The van der Waals surface area contributed by atoms with E-state index in [9.17, 15) is 28.1 Å². The monoisotopic (exact) mass is 267 g/mol. The van der Waals surface area contributed by atoms with Gasteiger partial charge in [0.1, 0.15) is 11.7 Å². The van der Waals surface area contributed by atoms with E-state index in [-0.39, 0.29) is 5.76 Å². The molecule has 1 N–H and O–H groups in total. The second-order valence-corrected chi connectivity index (χ2v) is 3.52. The lowest BCUT2D eigenvalue weighted by Gasteiger charge is -2.05. The molecule has 1 aromatic heterocycles. The van der Waals surface area contributed by atoms with Crippen molar-refractivity contribution in [2.75, 3.05) is 6.54 Å². The van der Waals surface area contributed by atoms with Crippen molar-refractivity contribution in [2.45, 2.75) is 12.6 Å². The van der Waals surface area contributed by atoms with Crippen molar-refractivity contribution < 1.29 is 32.4 Å². The lowest BCUT2D eigenvalue weighted by molar-refractivity contribution is -0.486. The summed E-state index contributed by atoms with van der Waals surface area (Å²) in [5, 5.41) is 18.9. The molecule has 1 heterocycles. The predicted octanol–water partition coefficient (Wildman–Crippen LogP) is 1.82. The summed E-state index contributed by atoms with van der Waals surface area (Å²) in [6, 6.07) is 1.61. The first-order chi connectivity index (χ1) is 8.20. The van der Waals surface area contributed by atoms with Gasteiger partial charge in [-0.25, -0.2) is 0 Å². The van der Waals surface area contributed by atoms with Gasteiger partial charge in [0.05, 0.1) is 0 Å². The van der Waals surface area contributed by atoms with Gasteiger partial charge in [0.2, 0.25) is 12.3 Å². The number of alkyl halides is 3. The van der Waals surface area contributed by atoms with Gasteiger partial charge in [0, 0.05) is 11.3 Å². The average molecular weight is 267 g/mol. The van der Waals surface area contributed by atoms with Crippen molar-refractivity contribution >= 4 is 5.97 Å². The molecule has 1 atom stereocenters. The summed E-state index contributed by atoms with van der Waals surface area (Å²) in [5.74, 6) is -4.40. The Bertz CT molecular complexity index is 453. The summed E-state index contributed by atoms with van der Waals surface area (Å²) >= 11 is 0. The van der Waals surface area contributed by atoms with Crippen LogP contribution in [0.4, 0.5) is 13.2 Å². The zero-order valence-corrected chi connectivity index (χ0v) is 8.81. The molecule has 1 aromatic rings. The number of furan rings is 1. The van der Waals surface area contributed by atoms with Gasteiger partial charge >= 0.3 is 12.1 Å². The Hall–Kier alpha value is -2.06. The molecule has 0 fully saturated rings. The maximum Gasteiger partial charge on any atom is 0.449 e. The standard InChI is InChI=1S/C9H8F3NO5/c10-9(11,12)7-2-1-6(18-7)3-5(8(14)15)4-13(16)17/h1-2,5H,3-4H2,(H,14,15). The summed E-state index contributed by atoms with van der Waals surface area (Å²) in [5.41, 5.74) is 0. The lowest BCUT2D eigenvalue weighted by Crippen LogP contribution is -2.24. The molecule has 1 unspecified atom stereocenters. The van der Waals surface area contributed by atoms with Gasteiger partial charge in [-0.1, -0.05) is 0 Å². The number of hydrogen-bond acceptors (Lipinski definition) is 4. The SMILES string of the molecule is O=C(O)C(Cc1ccc(C(F)(F)F)o1)C[N+](=O)[O-]. The van der Waals surface area contributed by atoms with Crippen molar-refractivity contribution in [3.8, 4) is 0 Å². The van der Waals surface area contributed by atoms with Gasteiger partial charge in [0.25, 0.3) is 0 Å². The van der Waals surface area contributed by atoms with Crippen molar-refractivity contribution in [1.29, 1.82) is 0 Å². The fraction of sp³-hybridized carbons (Fsp3) is 0.444. The molecule has 0 aliphatic carbocycles. The molecule has 0 aromatic carbocycles.